The number of fused-ring (bicyclic) bond motifs is 1. The highest BCUT2D eigenvalue weighted by Crippen LogP contribution is 2.22. The SMILES string of the molecule is Cc1cc(CNc2cccc3[nH]ncc23)ccc1Br. The van der Waals surface area contributed by atoms with Crippen molar-refractivity contribution in [1.29, 1.82) is 0 Å². The molecule has 0 aliphatic heterocycles. The number of H-pyrrole nitrogens is 1. The van der Waals surface area contributed by atoms with Crippen LogP contribution in [0.5, 0.6) is 0 Å². The first-order valence-corrected chi connectivity index (χ1v) is 6.94. The van der Waals surface area contributed by atoms with Gasteiger partial charge in [-0.25, -0.2) is 0 Å². The standard InChI is InChI=1S/C15H14BrN3/c1-10-7-11(5-6-13(10)16)8-17-14-3-2-4-15-12(14)9-18-19-15/h2-7,9,17H,8H2,1H3,(H,18,19). The molecular weight excluding hydrogens is 302 g/mol. The fraction of sp³-hybridized carbons (Fsp3) is 0.133. The molecule has 19 heavy (non-hydrogen) atoms. The van der Waals surface area contributed by atoms with E-state index in [0.717, 1.165) is 27.6 Å². The summed E-state index contributed by atoms with van der Waals surface area (Å²) in [6.07, 6.45) is 1.85. The highest BCUT2D eigenvalue weighted by atomic mass is 79.9. The number of aromatic amines is 1. The van der Waals surface area contributed by atoms with E-state index in [-0.39, 0.29) is 0 Å². The van der Waals surface area contributed by atoms with Gasteiger partial charge in [-0.3, -0.25) is 5.10 Å². The summed E-state index contributed by atoms with van der Waals surface area (Å²) in [5.41, 5.74) is 4.67. The third-order valence-electron chi connectivity index (χ3n) is 3.19. The quantitative estimate of drug-likeness (QED) is 0.758. The Morgan fingerprint density at radius 2 is 2.16 bits per heavy atom. The molecule has 3 aromatic rings. The van der Waals surface area contributed by atoms with Gasteiger partial charge in [-0.1, -0.05) is 34.1 Å². The van der Waals surface area contributed by atoms with E-state index in [0.29, 0.717) is 0 Å². The minimum atomic E-state index is 0.804. The summed E-state index contributed by atoms with van der Waals surface area (Å²) in [4.78, 5) is 0. The van der Waals surface area contributed by atoms with Gasteiger partial charge in [0, 0.05) is 22.1 Å². The number of benzene rings is 2. The lowest BCUT2D eigenvalue weighted by Gasteiger charge is -2.09. The Labute approximate surface area is 120 Å². The van der Waals surface area contributed by atoms with Crippen LogP contribution >= 0.6 is 15.9 Å². The van der Waals surface area contributed by atoms with Crippen molar-refractivity contribution in [2.45, 2.75) is 13.5 Å². The van der Waals surface area contributed by atoms with Gasteiger partial charge in [0.1, 0.15) is 0 Å². The smallest absolute Gasteiger partial charge is 0.0671 e. The van der Waals surface area contributed by atoms with Crippen molar-refractivity contribution in [3.63, 3.8) is 0 Å². The second kappa shape index (κ2) is 5.05. The topological polar surface area (TPSA) is 40.7 Å². The number of anilines is 1. The predicted molar refractivity (Wildman–Crippen MR) is 82.3 cm³/mol. The largest absolute Gasteiger partial charge is 0.380 e. The first-order chi connectivity index (χ1) is 9.24. The molecule has 2 aromatic carbocycles. The van der Waals surface area contributed by atoms with E-state index >= 15 is 0 Å². The average Bonchev–Trinajstić information content (AvgIpc) is 2.89. The maximum atomic E-state index is 4.07. The fourth-order valence-electron chi connectivity index (χ4n) is 2.14. The molecule has 0 amide bonds. The fourth-order valence-corrected chi connectivity index (χ4v) is 2.38. The van der Waals surface area contributed by atoms with Gasteiger partial charge in [-0.15, -0.1) is 0 Å². The molecule has 1 aromatic heterocycles. The van der Waals surface area contributed by atoms with Gasteiger partial charge in [0.15, 0.2) is 0 Å². The van der Waals surface area contributed by atoms with Crippen molar-refractivity contribution in [3.8, 4) is 0 Å². The number of nitrogens with one attached hydrogen (secondary N) is 2. The number of hydrogen-bond acceptors (Lipinski definition) is 2. The lowest BCUT2D eigenvalue weighted by molar-refractivity contribution is 1.12. The molecule has 0 aliphatic rings. The molecular formula is C15H14BrN3. The van der Waals surface area contributed by atoms with E-state index in [1.54, 1.807) is 0 Å². The van der Waals surface area contributed by atoms with Crippen molar-refractivity contribution < 1.29 is 0 Å². The summed E-state index contributed by atoms with van der Waals surface area (Å²) < 4.78 is 1.15. The minimum absolute atomic E-state index is 0.804. The highest BCUT2D eigenvalue weighted by Gasteiger charge is 2.02. The Balaban J connectivity index is 1.82. The van der Waals surface area contributed by atoms with E-state index < -0.39 is 0 Å². The van der Waals surface area contributed by atoms with Crippen LogP contribution in [0.1, 0.15) is 11.1 Å². The zero-order chi connectivity index (χ0) is 13.2. The Bertz CT molecular complexity index is 718. The molecule has 0 atom stereocenters. The Morgan fingerprint density at radius 1 is 1.26 bits per heavy atom. The molecule has 0 saturated heterocycles. The van der Waals surface area contributed by atoms with E-state index in [9.17, 15) is 0 Å². The number of aromatic nitrogens is 2. The van der Waals surface area contributed by atoms with Crippen LogP contribution in [-0.2, 0) is 6.54 Å². The number of hydrogen-bond donors (Lipinski definition) is 2. The van der Waals surface area contributed by atoms with Crippen LogP contribution in [0.25, 0.3) is 10.9 Å². The van der Waals surface area contributed by atoms with Crippen molar-refractivity contribution in [3.05, 3.63) is 58.2 Å². The van der Waals surface area contributed by atoms with Crippen LogP contribution in [0.15, 0.2) is 47.1 Å². The van der Waals surface area contributed by atoms with Crippen molar-refractivity contribution in [2.75, 3.05) is 5.32 Å². The van der Waals surface area contributed by atoms with Crippen LogP contribution in [0, 0.1) is 6.92 Å². The molecule has 3 nitrogen and oxygen atoms in total. The summed E-state index contributed by atoms with van der Waals surface area (Å²) in [6, 6.07) is 12.5. The molecule has 0 unspecified atom stereocenters. The summed E-state index contributed by atoms with van der Waals surface area (Å²) in [5.74, 6) is 0. The second-order valence-electron chi connectivity index (χ2n) is 4.57. The maximum absolute atomic E-state index is 4.07. The highest BCUT2D eigenvalue weighted by molar-refractivity contribution is 9.10. The normalized spacial score (nSPS) is 10.8. The molecule has 4 heteroatoms. The molecule has 96 valence electrons. The maximum Gasteiger partial charge on any atom is 0.0671 e. The first-order valence-electron chi connectivity index (χ1n) is 6.15. The molecule has 0 radical (unpaired) electrons. The van der Waals surface area contributed by atoms with Gasteiger partial charge in [-0.05, 0) is 36.2 Å². The van der Waals surface area contributed by atoms with Crippen LogP contribution in [0.2, 0.25) is 0 Å². The van der Waals surface area contributed by atoms with Crippen LogP contribution < -0.4 is 5.32 Å². The molecule has 0 saturated carbocycles. The molecule has 2 N–H and O–H groups in total. The van der Waals surface area contributed by atoms with E-state index in [1.807, 2.05) is 18.3 Å². The molecule has 0 fully saturated rings. The summed E-state index contributed by atoms with van der Waals surface area (Å²) >= 11 is 3.52. The van der Waals surface area contributed by atoms with E-state index in [4.69, 9.17) is 0 Å². The van der Waals surface area contributed by atoms with Crippen molar-refractivity contribution in [1.82, 2.24) is 10.2 Å². The molecule has 0 bridgehead atoms. The third kappa shape index (κ3) is 2.49. The molecule has 3 rings (SSSR count). The van der Waals surface area contributed by atoms with Gasteiger partial charge < -0.3 is 5.32 Å². The summed E-state index contributed by atoms with van der Waals surface area (Å²) in [6.45, 7) is 2.91. The monoisotopic (exact) mass is 315 g/mol. The number of nitrogens with zero attached hydrogens (tertiary/aromatic N) is 1. The lowest BCUT2D eigenvalue weighted by atomic mass is 10.1. The van der Waals surface area contributed by atoms with E-state index in [1.165, 1.54) is 11.1 Å². The zero-order valence-corrected chi connectivity index (χ0v) is 12.2. The summed E-state index contributed by atoms with van der Waals surface area (Å²) in [7, 11) is 0. The van der Waals surface area contributed by atoms with Crippen LogP contribution in [0.3, 0.4) is 0 Å². The minimum Gasteiger partial charge on any atom is -0.380 e. The van der Waals surface area contributed by atoms with Gasteiger partial charge in [-0.2, -0.15) is 5.10 Å². The van der Waals surface area contributed by atoms with Gasteiger partial charge in [0.2, 0.25) is 0 Å². The molecule has 0 aliphatic carbocycles. The number of rotatable bonds is 3. The Morgan fingerprint density at radius 3 is 3.00 bits per heavy atom. The number of halogens is 1. The van der Waals surface area contributed by atoms with Crippen molar-refractivity contribution >= 4 is 32.5 Å². The number of aryl methyl sites for hydroxylation is 1. The van der Waals surface area contributed by atoms with Gasteiger partial charge >= 0.3 is 0 Å². The van der Waals surface area contributed by atoms with E-state index in [2.05, 4.69) is 62.6 Å². The zero-order valence-electron chi connectivity index (χ0n) is 10.6. The average molecular weight is 316 g/mol. The summed E-state index contributed by atoms with van der Waals surface area (Å²) in [5, 5.41) is 11.6. The van der Waals surface area contributed by atoms with Gasteiger partial charge in [0.25, 0.3) is 0 Å². The first kappa shape index (κ1) is 12.2. The van der Waals surface area contributed by atoms with Gasteiger partial charge in [0.05, 0.1) is 11.7 Å². The second-order valence-corrected chi connectivity index (χ2v) is 5.43. The van der Waals surface area contributed by atoms with Crippen LogP contribution in [-0.4, -0.2) is 10.2 Å². The Kier molecular flexibility index (Phi) is 3.25. The third-order valence-corrected chi connectivity index (χ3v) is 4.08. The van der Waals surface area contributed by atoms with Crippen molar-refractivity contribution in [2.24, 2.45) is 0 Å². The molecule has 1 heterocycles. The Hall–Kier alpha value is -1.81. The molecule has 0 spiro atoms. The lowest BCUT2D eigenvalue weighted by Crippen LogP contribution is -2.00. The predicted octanol–water partition coefficient (Wildman–Crippen LogP) is 4.25. The van der Waals surface area contributed by atoms with Crippen LogP contribution in [0.4, 0.5) is 5.69 Å².